The number of benzene rings is 2. The van der Waals surface area contributed by atoms with E-state index in [2.05, 4.69) is 66.8 Å². The zero-order valence-electron chi connectivity index (χ0n) is 16.6. The van der Waals surface area contributed by atoms with Crippen molar-refractivity contribution >= 4 is 22.5 Å². The van der Waals surface area contributed by atoms with Crippen LogP contribution in [0, 0.1) is 0 Å². The van der Waals surface area contributed by atoms with Gasteiger partial charge < -0.3 is 14.4 Å². The first kappa shape index (κ1) is 17.1. The fourth-order valence-electron chi connectivity index (χ4n) is 4.78. The Labute approximate surface area is 165 Å². The molecule has 5 rings (SSSR count). The van der Waals surface area contributed by atoms with Gasteiger partial charge in [-0.2, -0.15) is 0 Å². The summed E-state index contributed by atoms with van der Waals surface area (Å²) in [5.41, 5.74) is 7.02. The minimum absolute atomic E-state index is 0.0656. The smallest absolute Gasteiger partial charge is 0.257 e. The van der Waals surface area contributed by atoms with Crippen LogP contribution in [-0.4, -0.2) is 29.0 Å². The maximum atomic E-state index is 13.3. The van der Waals surface area contributed by atoms with Gasteiger partial charge in [0.15, 0.2) is 0 Å². The molecule has 0 aliphatic carbocycles. The highest BCUT2D eigenvalue weighted by molar-refractivity contribution is 6.02. The number of fused-ring (bicyclic) bond motifs is 6. The normalized spacial score (nSPS) is 18.0. The van der Waals surface area contributed by atoms with E-state index in [1.807, 2.05) is 23.1 Å². The number of rotatable bonds is 2. The van der Waals surface area contributed by atoms with Gasteiger partial charge in [0.1, 0.15) is 6.17 Å². The summed E-state index contributed by atoms with van der Waals surface area (Å²) in [5.74, 6) is 0.142. The summed E-state index contributed by atoms with van der Waals surface area (Å²) in [5, 5.41) is 1.32. The third-order valence-electron chi connectivity index (χ3n) is 6.09. The van der Waals surface area contributed by atoms with E-state index in [0.29, 0.717) is 0 Å². The van der Waals surface area contributed by atoms with Gasteiger partial charge >= 0.3 is 0 Å². The van der Waals surface area contributed by atoms with Crippen LogP contribution < -0.4 is 4.90 Å². The van der Waals surface area contributed by atoms with E-state index >= 15 is 0 Å². The maximum Gasteiger partial charge on any atom is 0.257 e. The summed E-state index contributed by atoms with van der Waals surface area (Å²) in [6, 6.07) is 16.6. The van der Waals surface area contributed by atoms with Crippen molar-refractivity contribution in [2.45, 2.75) is 33.0 Å². The van der Waals surface area contributed by atoms with E-state index in [1.54, 1.807) is 0 Å². The van der Waals surface area contributed by atoms with Crippen molar-refractivity contribution in [3.05, 3.63) is 77.0 Å². The van der Waals surface area contributed by atoms with Crippen molar-refractivity contribution in [2.75, 3.05) is 18.5 Å². The summed E-state index contributed by atoms with van der Waals surface area (Å²) >= 11 is 0. The number of hydrogen-bond donors (Lipinski definition) is 0. The predicted octanol–water partition coefficient (Wildman–Crippen LogP) is 4.75. The van der Waals surface area contributed by atoms with Gasteiger partial charge in [-0.15, -0.1) is 0 Å². The van der Waals surface area contributed by atoms with Crippen LogP contribution in [0.5, 0.6) is 0 Å². The molecule has 142 valence electrons. The van der Waals surface area contributed by atoms with Crippen LogP contribution >= 0.6 is 0 Å². The largest absolute Gasteiger partial charge is 0.349 e. The zero-order valence-corrected chi connectivity index (χ0v) is 16.6. The van der Waals surface area contributed by atoms with Crippen molar-refractivity contribution in [1.29, 1.82) is 0 Å². The quantitative estimate of drug-likeness (QED) is 0.608. The third-order valence-corrected chi connectivity index (χ3v) is 6.09. The molecule has 2 aliphatic heterocycles. The Morgan fingerprint density at radius 2 is 1.86 bits per heavy atom. The summed E-state index contributed by atoms with van der Waals surface area (Å²) in [6.07, 6.45) is 3.10. The van der Waals surface area contributed by atoms with E-state index in [-0.39, 0.29) is 12.1 Å². The standard InChI is InChI=1S/C24H25N3O/c1-16(2)12-14-26-21-11-7-4-8-17(21)18-13-15-27-23(22(18)26)25(3)20-10-6-5-9-19(20)24(27)28/h4-12,23H,13-15H2,1-3H3/t23-/m0/s1. The van der Waals surface area contributed by atoms with Gasteiger partial charge in [-0.1, -0.05) is 42.0 Å². The summed E-state index contributed by atoms with van der Waals surface area (Å²) in [7, 11) is 2.11. The van der Waals surface area contributed by atoms with Gasteiger partial charge in [0.25, 0.3) is 5.91 Å². The van der Waals surface area contributed by atoms with Crippen LogP contribution in [0.15, 0.2) is 60.2 Å². The van der Waals surface area contributed by atoms with Gasteiger partial charge in [-0.3, -0.25) is 4.79 Å². The lowest BCUT2D eigenvalue weighted by molar-refractivity contribution is 0.0630. The number of aromatic nitrogens is 1. The van der Waals surface area contributed by atoms with E-state index < -0.39 is 0 Å². The fourth-order valence-corrected chi connectivity index (χ4v) is 4.78. The number of para-hydroxylation sites is 2. The topological polar surface area (TPSA) is 28.5 Å². The SMILES string of the molecule is CC(C)=CCn1c2c(c3ccccc31)CCN1C(=O)c3ccccc3N(C)[C@H]21. The van der Waals surface area contributed by atoms with Crippen molar-refractivity contribution in [3.63, 3.8) is 0 Å². The van der Waals surface area contributed by atoms with E-state index in [9.17, 15) is 4.79 Å². The minimum Gasteiger partial charge on any atom is -0.349 e. The predicted molar refractivity (Wildman–Crippen MR) is 114 cm³/mol. The molecule has 2 aromatic carbocycles. The Bertz CT molecular complexity index is 1120. The molecule has 0 fully saturated rings. The Morgan fingerprint density at radius 1 is 1.11 bits per heavy atom. The monoisotopic (exact) mass is 371 g/mol. The molecule has 0 saturated carbocycles. The van der Waals surface area contributed by atoms with Crippen LogP contribution in [0.4, 0.5) is 5.69 Å². The molecule has 2 aliphatic rings. The molecule has 1 amide bonds. The van der Waals surface area contributed by atoms with Crippen molar-refractivity contribution in [2.24, 2.45) is 0 Å². The molecule has 0 unspecified atom stereocenters. The molecule has 4 nitrogen and oxygen atoms in total. The highest BCUT2D eigenvalue weighted by atomic mass is 16.2. The number of anilines is 1. The molecule has 3 aromatic rings. The molecule has 28 heavy (non-hydrogen) atoms. The van der Waals surface area contributed by atoms with Crippen molar-refractivity contribution in [1.82, 2.24) is 9.47 Å². The first-order valence-corrected chi connectivity index (χ1v) is 9.94. The molecule has 0 N–H and O–H groups in total. The number of carbonyl (C=O) groups is 1. The summed E-state index contributed by atoms with van der Waals surface area (Å²) in [4.78, 5) is 17.6. The third kappa shape index (κ3) is 2.34. The Kier molecular flexibility index (Phi) is 3.83. The van der Waals surface area contributed by atoms with E-state index in [0.717, 1.165) is 30.8 Å². The Balaban J connectivity index is 1.76. The average molecular weight is 371 g/mol. The van der Waals surface area contributed by atoms with Crippen LogP contribution in [0.1, 0.15) is 41.6 Å². The molecular weight excluding hydrogens is 346 g/mol. The van der Waals surface area contributed by atoms with Crippen molar-refractivity contribution in [3.8, 4) is 0 Å². The lowest BCUT2D eigenvalue weighted by Gasteiger charge is -2.46. The van der Waals surface area contributed by atoms with Crippen LogP contribution in [0.3, 0.4) is 0 Å². The molecule has 0 saturated heterocycles. The zero-order chi connectivity index (χ0) is 19.4. The number of hydrogen-bond acceptors (Lipinski definition) is 2. The summed E-state index contributed by atoms with van der Waals surface area (Å²) < 4.78 is 2.41. The number of carbonyl (C=O) groups excluding carboxylic acids is 1. The highest BCUT2D eigenvalue weighted by Crippen LogP contribution is 2.44. The van der Waals surface area contributed by atoms with Crippen molar-refractivity contribution < 1.29 is 4.79 Å². The second-order valence-electron chi connectivity index (χ2n) is 8.02. The van der Waals surface area contributed by atoms with Gasteiger partial charge in [0.2, 0.25) is 0 Å². The van der Waals surface area contributed by atoms with Gasteiger partial charge in [-0.05, 0) is 44.0 Å². The average Bonchev–Trinajstić information content (AvgIpc) is 3.04. The molecular formula is C24H25N3O. The lowest BCUT2D eigenvalue weighted by atomic mass is 9.96. The first-order chi connectivity index (χ1) is 13.6. The number of amides is 1. The molecule has 1 aromatic heterocycles. The van der Waals surface area contributed by atoms with Crippen LogP contribution in [-0.2, 0) is 13.0 Å². The second kappa shape index (κ2) is 6.26. The van der Waals surface area contributed by atoms with E-state index in [1.165, 1.54) is 27.7 Å². The molecule has 1 atom stereocenters. The Hall–Kier alpha value is -3.01. The molecule has 0 spiro atoms. The van der Waals surface area contributed by atoms with Crippen LogP contribution in [0.2, 0.25) is 0 Å². The molecule has 4 heteroatoms. The molecule has 3 heterocycles. The first-order valence-electron chi connectivity index (χ1n) is 9.94. The van der Waals surface area contributed by atoms with Gasteiger partial charge in [0.05, 0.1) is 16.9 Å². The minimum atomic E-state index is -0.0656. The maximum absolute atomic E-state index is 13.3. The van der Waals surface area contributed by atoms with Gasteiger partial charge in [0, 0.05) is 31.0 Å². The second-order valence-corrected chi connectivity index (χ2v) is 8.02. The van der Waals surface area contributed by atoms with Gasteiger partial charge in [-0.25, -0.2) is 0 Å². The number of nitrogens with zero attached hydrogens (tertiary/aromatic N) is 3. The molecule has 0 bridgehead atoms. The fraction of sp³-hybridized carbons (Fsp3) is 0.292. The number of allylic oxidation sites excluding steroid dienone is 2. The summed E-state index contributed by atoms with van der Waals surface area (Å²) in [6.45, 7) is 5.85. The van der Waals surface area contributed by atoms with Crippen LogP contribution in [0.25, 0.3) is 10.9 Å². The van der Waals surface area contributed by atoms with E-state index in [4.69, 9.17) is 0 Å². The Morgan fingerprint density at radius 3 is 2.68 bits per heavy atom. The molecule has 0 radical (unpaired) electrons. The lowest BCUT2D eigenvalue weighted by Crippen LogP contribution is -2.51. The highest BCUT2D eigenvalue weighted by Gasteiger charge is 2.42.